The van der Waals surface area contributed by atoms with Crippen molar-refractivity contribution in [3.63, 3.8) is 0 Å². The zero-order valence-corrected chi connectivity index (χ0v) is 38.1. The smallest absolute Gasteiger partial charge is 0.303 e. The van der Waals surface area contributed by atoms with E-state index in [4.69, 9.17) is 15.6 Å². The van der Waals surface area contributed by atoms with Crippen LogP contribution < -0.4 is 26.2 Å². The first-order valence-electron chi connectivity index (χ1n) is 19.9. The maximum atomic E-state index is 12.7. The quantitative estimate of drug-likeness (QED) is 0.167. The molecule has 336 valence electrons. The lowest BCUT2D eigenvalue weighted by Crippen LogP contribution is -2.54. The van der Waals surface area contributed by atoms with Gasteiger partial charge in [0, 0.05) is 83.0 Å². The molecule has 4 aromatic heterocycles. The summed E-state index contributed by atoms with van der Waals surface area (Å²) in [6.45, 7) is 9.06. The van der Waals surface area contributed by atoms with Crippen molar-refractivity contribution in [2.24, 2.45) is 0 Å². The Hall–Kier alpha value is -6.51. The number of carbonyl (C=O) groups excluding carboxylic acids is 1. The maximum Gasteiger partial charge on any atom is 0.303 e. The Kier molecular flexibility index (Phi) is 20.2. The molecule has 0 spiro atoms. The number of nitrogens with one attached hydrogen (secondary N) is 3. The van der Waals surface area contributed by atoms with Crippen molar-refractivity contribution in [3.05, 3.63) is 129 Å². The highest BCUT2D eigenvalue weighted by molar-refractivity contribution is 7.59. The largest absolute Gasteiger partial charge is 0.481 e. The van der Waals surface area contributed by atoms with E-state index in [0.717, 1.165) is 31.3 Å². The third-order valence-corrected chi connectivity index (χ3v) is 10.3. The number of piperazine rings is 2. The zero-order chi connectivity index (χ0) is 43.3. The van der Waals surface area contributed by atoms with Gasteiger partial charge in [0.1, 0.15) is 35.4 Å². The number of hydrogen-bond donors (Lipinski definition) is 4. The van der Waals surface area contributed by atoms with Crippen LogP contribution in [0.1, 0.15) is 49.5 Å². The molecule has 2 aromatic carbocycles. The van der Waals surface area contributed by atoms with Crippen LogP contribution in [0.5, 0.6) is 0 Å². The molecule has 17 nitrogen and oxygen atoms in total. The Morgan fingerprint density at radius 1 is 0.719 bits per heavy atom. The molecular formula is C44H51ClN12O5S2. The van der Waals surface area contributed by atoms with Crippen molar-refractivity contribution >= 4 is 84.7 Å². The Balaban J connectivity index is 0.000000272. The van der Waals surface area contributed by atoms with E-state index in [-0.39, 0.29) is 75.3 Å². The second-order valence-electron chi connectivity index (χ2n) is 14.6. The number of aliphatic carboxylic acids is 1. The van der Waals surface area contributed by atoms with E-state index in [1.54, 1.807) is 60.9 Å². The predicted molar refractivity (Wildman–Crippen MR) is 258 cm³/mol. The van der Waals surface area contributed by atoms with Gasteiger partial charge in [-0.1, -0.05) is 24.3 Å². The van der Waals surface area contributed by atoms with Gasteiger partial charge in [-0.25, -0.2) is 19.9 Å². The van der Waals surface area contributed by atoms with E-state index in [9.17, 15) is 19.2 Å². The van der Waals surface area contributed by atoms with Crippen LogP contribution in [0.3, 0.4) is 0 Å². The number of para-hydroxylation sites is 2. The summed E-state index contributed by atoms with van der Waals surface area (Å²) in [5, 5.41) is 30.5. The molecule has 20 heteroatoms. The number of amides is 1. The van der Waals surface area contributed by atoms with Crippen molar-refractivity contribution in [2.75, 3.05) is 49.1 Å². The predicted octanol–water partition coefficient (Wildman–Crippen LogP) is 4.20. The molecule has 6 aromatic rings. The molecule has 6 heterocycles. The van der Waals surface area contributed by atoms with Crippen LogP contribution in [0, 0.1) is 22.7 Å². The molecule has 2 saturated heterocycles. The number of aryl methyl sites for hydroxylation is 2. The van der Waals surface area contributed by atoms with Crippen LogP contribution in [0.25, 0.3) is 21.8 Å². The summed E-state index contributed by atoms with van der Waals surface area (Å²) in [5.41, 5.74) is 1.96. The van der Waals surface area contributed by atoms with Gasteiger partial charge in [0.2, 0.25) is 5.91 Å². The van der Waals surface area contributed by atoms with Gasteiger partial charge in [-0.3, -0.25) is 19.2 Å². The van der Waals surface area contributed by atoms with Crippen LogP contribution >= 0.6 is 39.4 Å². The highest BCUT2D eigenvalue weighted by Crippen LogP contribution is 2.20. The van der Waals surface area contributed by atoms with Gasteiger partial charge >= 0.3 is 5.97 Å². The number of halogens is 1. The zero-order valence-electron chi connectivity index (χ0n) is 35.3. The molecule has 0 bridgehead atoms. The number of aromatic nitrogens is 6. The number of carbonyl (C=O) groups is 2. The van der Waals surface area contributed by atoms with Crippen LogP contribution in [0.4, 0.5) is 11.6 Å². The number of nitriles is 2. The molecule has 0 saturated carbocycles. The first-order valence-corrected chi connectivity index (χ1v) is 19.9. The van der Waals surface area contributed by atoms with E-state index in [2.05, 4.69) is 71.0 Å². The summed E-state index contributed by atoms with van der Waals surface area (Å²) in [7, 11) is 0. The minimum absolute atomic E-state index is 0. The van der Waals surface area contributed by atoms with Gasteiger partial charge in [-0.05, 0) is 62.4 Å². The minimum atomic E-state index is -0.907. The normalized spacial score (nSPS) is 15.3. The second kappa shape index (κ2) is 25.0. The third kappa shape index (κ3) is 13.7. The van der Waals surface area contributed by atoms with Crippen molar-refractivity contribution in [1.29, 1.82) is 10.5 Å². The van der Waals surface area contributed by atoms with E-state index < -0.39 is 5.97 Å². The molecule has 2 atom stereocenters. The fraction of sp³-hybridized carbons (Fsp3) is 0.318. The molecule has 2 aliphatic rings. The first kappa shape index (κ1) is 51.8. The molecule has 8 rings (SSSR count). The summed E-state index contributed by atoms with van der Waals surface area (Å²) in [6.07, 6.45) is 4.07. The van der Waals surface area contributed by atoms with Crippen LogP contribution in [0.2, 0.25) is 0 Å². The molecule has 2 aliphatic heterocycles. The van der Waals surface area contributed by atoms with Crippen LogP contribution in [-0.4, -0.2) is 103 Å². The summed E-state index contributed by atoms with van der Waals surface area (Å²) < 4.78 is 0. The number of hydrogen-bond acceptors (Lipinski definition) is 13. The molecule has 64 heavy (non-hydrogen) atoms. The van der Waals surface area contributed by atoms with Gasteiger partial charge in [0.15, 0.2) is 0 Å². The number of benzene rings is 2. The van der Waals surface area contributed by atoms with E-state index in [0.29, 0.717) is 83.1 Å². The number of rotatable bonds is 8. The maximum absolute atomic E-state index is 12.7. The average Bonchev–Trinajstić information content (AvgIpc) is 3.28. The first-order chi connectivity index (χ1) is 29.5. The van der Waals surface area contributed by atoms with Gasteiger partial charge < -0.3 is 35.1 Å². The van der Waals surface area contributed by atoms with Crippen molar-refractivity contribution in [3.8, 4) is 12.1 Å². The lowest BCUT2D eigenvalue weighted by molar-refractivity contribution is -0.137. The molecule has 2 fully saturated rings. The summed E-state index contributed by atoms with van der Waals surface area (Å²) >= 11 is 0. The van der Waals surface area contributed by atoms with Gasteiger partial charge in [0.25, 0.3) is 11.1 Å². The van der Waals surface area contributed by atoms with Gasteiger partial charge in [-0.2, -0.15) is 37.5 Å². The number of nitrogens with zero attached hydrogens (tertiary/aromatic N) is 9. The third-order valence-electron chi connectivity index (χ3n) is 10.3. The fourth-order valence-electron chi connectivity index (χ4n) is 7.07. The molecular weight excluding hydrogens is 876 g/mol. The summed E-state index contributed by atoms with van der Waals surface area (Å²) in [6, 6.07) is 26.2. The number of carboxylic acids is 1. The van der Waals surface area contributed by atoms with E-state index in [1.807, 2.05) is 29.2 Å². The Labute approximate surface area is 389 Å². The summed E-state index contributed by atoms with van der Waals surface area (Å²) in [5.74, 6) is 1.85. The highest BCUT2D eigenvalue weighted by atomic mass is 35.5. The second-order valence-corrected chi connectivity index (χ2v) is 14.6. The van der Waals surface area contributed by atoms with Gasteiger partial charge in [-0.15, -0.1) is 12.4 Å². The minimum Gasteiger partial charge on any atom is -0.481 e. The van der Waals surface area contributed by atoms with Crippen molar-refractivity contribution in [2.45, 2.75) is 51.6 Å². The molecule has 0 unspecified atom stereocenters. The van der Waals surface area contributed by atoms with Crippen LogP contribution in [0.15, 0.2) is 94.8 Å². The highest BCUT2D eigenvalue weighted by Gasteiger charge is 2.27. The Morgan fingerprint density at radius 3 is 1.67 bits per heavy atom. The van der Waals surface area contributed by atoms with E-state index in [1.165, 1.54) is 0 Å². The van der Waals surface area contributed by atoms with Crippen molar-refractivity contribution < 1.29 is 14.7 Å². The van der Waals surface area contributed by atoms with E-state index >= 15 is 0 Å². The monoisotopic (exact) mass is 926 g/mol. The number of fused-ring (bicyclic) bond motifs is 2. The fourth-order valence-corrected chi connectivity index (χ4v) is 7.07. The SMILES string of the molecule is C[C@H]1CN(C(=O)CCc2nc3ccccc3c(=O)[nH]2)CCN1c1ccc(C#N)cn1.C[C@H]1CNCCN1c1ccc(C#N)cn1.Cl.O=C(O)CCc1nc2ccccc2c(=O)[nH]1.S.S. The number of H-pyrrole nitrogens is 2. The van der Waals surface area contributed by atoms with Crippen LogP contribution in [-0.2, 0) is 22.4 Å². The lowest BCUT2D eigenvalue weighted by Gasteiger charge is -2.40. The van der Waals surface area contributed by atoms with Crippen molar-refractivity contribution in [1.82, 2.24) is 40.1 Å². The Bertz CT molecular complexity index is 2690. The number of pyridine rings is 2. The number of anilines is 2. The number of carboxylic acid groups (broad SMARTS) is 1. The Morgan fingerprint density at radius 2 is 1.22 bits per heavy atom. The standard InChI is InChI=1S/C22H22N6O2.C11H14N4.C11H10N2O3.ClH.2H2S/c1-15-14-27(10-11-28(15)20-8-6-16(12-23)13-24-20)21(29)9-7-19-25-18-5-3-2-4-17(18)22(30)26-19;1-9-7-13-4-5-15(9)11-3-2-10(6-12)8-14-11;14-10(15)6-5-9-12-8-4-2-1-3-7(8)11(16)13-9;;;/h2-6,8,13,15H,7,9-11,14H2,1H3,(H,25,26,30);2-3,8-9,13H,4-5,7H2,1H3;1-4H,5-6H2,(H,14,15)(H,12,13,16);1H;2*1H2/t15-;9-;;;;/m00..../s1. The number of aromatic amines is 2. The average molecular weight is 928 g/mol. The topological polar surface area (TPSA) is 241 Å². The molecule has 4 N–H and O–H groups in total. The molecule has 0 radical (unpaired) electrons. The molecule has 1 amide bonds. The summed E-state index contributed by atoms with van der Waals surface area (Å²) in [4.78, 5) is 75.8. The molecule has 0 aliphatic carbocycles. The van der Waals surface area contributed by atoms with Gasteiger partial charge in [0.05, 0.1) is 39.4 Å². The lowest BCUT2D eigenvalue weighted by atomic mass is 10.1.